The molecule has 2 atom stereocenters. The molecule has 20 heavy (non-hydrogen) atoms. The molecule has 2 aromatic heterocycles. The summed E-state index contributed by atoms with van der Waals surface area (Å²) in [6, 6.07) is 1.85. The summed E-state index contributed by atoms with van der Waals surface area (Å²) in [5.41, 5.74) is 0. The van der Waals surface area contributed by atoms with Gasteiger partial charge in [-0.25, -0.2) is 4.68 Å². The third-order valence-electron chi connectivity index (χ3n) is 2.63. The molecule has 0 bridgehead atoms. The predicted octanol–water partition coefficient (Wildman–Crippen LogP) is 0.670. The second-order valence-electron chi connectivity index (χ2n) is 4.61. The molecule has 0 spiro atoms. The highest BCUT2D eigenvalue weighted by molar-refractivity contribution is 5.37. The first kappa shape index (κ1) is 14.2. The smallest absolute Gasteiger partial charge is 0.257 e. The summed E-state index contributed by atoms with van der Waals surface area (Å²) >= 11 is 0. The van der Waals surface area contributed by atoms with Crippen molar-refractivity contribution < 1.29 is 5.11 Å². The Labute approximate surface area is 117 Å². The normalized spacial score (nSPS) is 13.8. The maximum atomic E-state index is 9.39. The monoisotopic (exact) mass is 277 g/mol. The van der Waals surface area contributed by atoms with Gasteiger partial charge in [0.1, 0.15) is 0 Å². The van der Waals surface area contributed by atoms with E-state index in [0.29, 0.717) is 24.3 Å². The molecule has 0 aliphatic carbocycles. The Morgan fingerprint density at radius 3 is 2.60 bits per heavy atom. The molecule has 0 saturated carbocycles. The molecule has 0 amide bonds. The predicted molar refractivity (Wildman–Crippen MR) is 75.9 cm³/mol. The lowest BCUT2D eigenvalue weighted by atomic mass is 10.2. The van der Waals surface area contributed by atoms with Crippen molar-refractivity contribution in [2.24, 2.45) is 0 Å². The van der Waals surface area contributed by atoms with Gasteiger partial charge in [-0.15, -0.1) is 0 Å². The van der Waals surface area contributed by atoms with Crippen LogP contribution in [0.1, 0.15) is 20.3 Å². The first-order chi connectivity index (χ1) is 9.58. The molecular formula is C12H19N7O. The van der Waals surface area contributed by atoms with E-state index in [1.54, 1.807) is 37.1 Å². The molecular weight excluding hydrogens is 258 g/mol. The fraction of sp³-hybridized carbons (Fsp3) is 0.500. The third-order valence-corrected chi connectivity index (χ3v) is 2.63. The average Bonchev–Trinajstić information content (AvgIpc) is 2.91. The lowest BCUT2D eigenvalue weighted by Crippen LogP contribution is -2.23. The lowest BCUT2D eigenvalue weighted by Gasteiger charge is -2.16. The van der Waals surface area contributed by atoms with Crippen molar-refractivity contribution in [3.05, 3.63) is 18.5 Å². The summed E-state index contributed by atoms with van der Waals surface area (Å²) in [4.78, 5) is 12.8. The Bertz CT molecular complexity index is 541. The topological polar surface area (TPSA) is 101 Å². The number of aliphatic hydroxyl groups is 1. The number of aliphatic hydroxyl groups excluding tert-OH is 1. The Morgan fingerprint density at radius 1 is 1.25 bits per heavy atom. The first-order valence-electron chi connectivity index (χ1n) is 6.47. The molecule has 0 saturated heterocycles. The van der Waals surface area contributed by atoms with Crippen LogP contribution in [0.2, 0.25) is 0 Å². The molecule has 0 fully saturated rings. The highest BCUT2D eigenvalue weighted by Gasteiger charge is 2.11. The van der Waals surface area contributed by atoms with Crippen molar-refractivity contribution in [2.75, 3.05) is 17.7 Å². The van der Waals surface area contributed by atoms with Crippen molar-refractivity contribution in [1.82, 2.24) is 24.7 Å². The minimum atomic E-state index is -0.381. The zero-order chi connectivity index (χ0) is 14.5. The number of nitrogens with zero attached hydrogens (tertiary/aromatic N) is 5. The molecule has 2 heterocycles. The fourth-order valence-corrected chi connectivity index (χ4v) is 1.82. The number of nitrogens with one attached hydrogen (secondary N) is 2. The SMILES string of the molecule is CNc1nc(NC(C)CC(C)O)nc(-n2cccn2)n1. The van der Waals surface area contributed by atoms with Crippen LogP contribution in [0.3, 0.4) is 0 Å². The molecule has 8 nitrogen and oxygen atoms in total. The van der Waals surface area contributed by atoms with Crippen LogP contribution < -0.4 is 10.6 Å². The Balaban J connectivity index is 2.22. The molecule has 0 radical (unpaired) electrons. The molecule has 2 aromatic rings. The van der Waals surface area contributed by atoms with Gasteiger partial charge in [-0.3, -0.25) is 0 Å². The highest BCUT2D eigenvalue weighted by Crippen LogP contribution is 2.10. The number of anilines is 2. The van der Waals surface area contributed by atoms with Crippen LogP contribution in [0.15, 0.2) is 18.5 Å². The van der Waals surface area contributed by atoms with Crippen LogP contribution in [-0.2, 0) is 0 Å². The molecule has 0 aliphatic heterocycles. The summed E-state index contributed by atoms with van der Waals surface area (Å²) in [5.74, 6) is 1.33. The van der Waals surface area contributed by atoms with Crippen LogP contribution in [0.25, 0.3) is 5.95 Å². The summed E-state index contributed by atoms with van der Waals surface area (Å²) < 4.78 is 1.56. The summed E-state index contributed by atoms with van der Waals surface area (Å²) in [6.45, 7) is 3.71. The average molecular weight is 277 g/mol. The van der Waals surface area contributed by atoms with E-state index in [1.807, 2.05) is 6.92 Å². The third kappa shape index (κ3) is 3.64. The Hall–Kier alpha value is -2.22. The Morgan fingerprint density at radius 2 is 2.00 bits per heavy atom. The van der Waals surface area contributed by atoms with E-state index in [1.165, 1.54) is 0 Å². The van der Waals surface area contributed by atoms with Gasteiger partial charge in [0.15, 0.2) is 0 Å². The molecule has 2 rings (SSSR count). The van der Waals surface area contributed by atoms with E-state index in [0.717, 1.165) is 0 Å². The highest BCUT2D eigenvalue weighted by atomic mass is 16.3. The quantitative estimate of drug-likeness (QED) is 0.713. The minimum absolute atomic E-state index is 0.0487. The van der Waals surface area contributed by atoms with Crippen LogP contribution in [-0.4, -0.2) is 49.0 Å². The standard InChI is InChI=1S/C12H19N7O/c1-8(7-9(2)20)15-11-16-10(13-3)17-12(18-11)19-6-4-5-14-19/h4-6,8-9,20H,7H2,1-3H3,(H2,13,15,16,17,18). The molecule has 2 unspecified atom stereocenters. The minimum Gasteiger partial charge on any atom is -0.393 e. The van der Waals surface area contributed by atoms with Gasteiger partial charge in [0.25, 0.3) is 5.95 Å². The molecule has 0 aliphatic rings. The van der Waals surface area contributed by atoms with Gasteiger partial charge in [0, 0.05) is 25.5 Å². The van der Waals surface area contributed by atoms with E-state index in [9.17, 15) is 5.11 Å². The fourth-order valence-electron chi connectivity index (χ4n) is 1.82. The second kappa shape index (κ2) is 6.29. The van der Waals surface area contributed by atoms with Gasteiger partial charge < -0.3 is 15.7 Å². The van der Waals surface area contributed by atoms with Crippen LogP contribution in [0.5, 0.6) is 0 Å². The van der Waals surface area contributed by atoms with E-state index >= 15 is 0 Å². The summed E-state index contributed by atoms with van der Waals surface area (Å²) in [7, 11) is 1.74. The first-order valence-corrected chi connectivity index (χ1v) is 6.47. The zero-order valence-electron chi connectivity index (χ0n) is 11.8. The van der Waals surface area contributed by atoms with Crippen molar-refractivity contribution >= 4 is 11.9 Å². The van der Waals surface area contributed by atoms with Crippen molar-refractivity contribution in [3.8, 4) is 5.95 Å². The zero-order valence-corrected chi connectivity index (χ0v) is 11.8. The molecule has 0 aromatic carbocycles. The number of aromatic nitrogens is 5. The van der Waals surface area contributed by atoms with Crippen LogP contribution in [0, 0.1) is 0 Å². The van der Waals surface area contributed by atoms with Gasteiger partial charge in [-0.2, -0.15) is 20.1 Å². The van der Waals surface area contributed by atoms with E-state index in [2.05, 4.69) is 30.7 Å². The summed E-state index contributed by atoms with van der Waals surface area (Å²) in [5, 5.41) is 19.5. The van der Waals surface area contributed by atoms with Gasteiger partial charge in [0.05, 0.1) is 6.10 Å². The Kier molecular flexibility index (Phi) is 4.46. The van der Waals surface area contributed by atoms with Gasteiger partial charge >= 0.3 is 0 Å². The van der Waals surface area contributed by atoms with Gasteiger partial charge in [-0.05, 0) is 26.3 Å². The van der Waals surface area contributed by atoms with E-state index in [-0.39, 0.29) is 12.1 Å². The number of hydrogen-bond donors (Lipinski definition) is 3. The molecule has 8 heteroatoms. The van der Waals surface area contributed by atoms with Crippen LogP contribution in [0.4, 0.5) is 11.9 Å². The van der Waals surface area contributed by atoms with Crippen molar-refractivity contribution in [3.63, 3.8) is 0 Å². The van der Waals surface area contributed by atoms with Gasteiger partial charge in [0.2, 0.25) is 11.9 Å². The number of hydrogen-bond acceptors (Lipinski definition) is 7. The van der Waals surface area contributed by atoms with Crippen molar-refractivity contribution in [1.29, 1.82) is 0 Å². The van der Waals surface area contributed by atoms with Crippen molar-refractivity contribution in [2.45, 2.75) is 32.4 Å². The van der Waals surface area contributed by atoms with Crippen LogP contribution >= 0.6 is 0 Å². The lowest BCUT2D eigenvalue weighted by molar-refractivity contribution is 0.179. The maximum absolute atomic E-state index is 9.39. The molecule has 3 N–H and O–H groups in total. The largest absolute Gasteiger partial charge is 0.393 e. The molecule has 108 valence electrons. The maximum Gasteiger partial charge on any atom is 0.257 e. The number of rotatable bonds is 6. The van der Waals surface area contributed by atoms with Gasteiger partial charge in [-0.1, -0.05) is 0 Å². The van der Waals surface area contributed by atoms with E-state index in [4.69, 9.17) is 0 Å². The second-order valence-corrected chi connectivity index (χ2v) is 4.61. The summed E-state index contributed by atoms with van der Waals surface area (Å²) in [6.07, 6.45) is 3.65. The van der Waals surface area contributed by atoms with E-state index < -0.39 is 0 Å².